The Morgan fingerprint density at radius 1 is 1.47 bits per heavy atom. The highest BCUT2D eigenvalue weighted by Gasteiger charge is 2.27. The highest BCUT2D eigenvalue weighted by molar-refractivity contribution is 5.76. The van der Waals surface area contributed by atoms with Crippen LogP contribution in [0.1, 0.15) is 45.4 Å². The summed E-state index contributed by atoms with van der Waals surface area (Å²) in [6.07, 6.45) is 4.12. The van der Waals surface area contributed by atoms with Crippen LogP contribution in [0.25, 0.3) is 0 Å². The summed E-state index contributed by atoms with van der Waals surface area (Å²) in [4.78, 5) is 22.4. The van der Waals surface area contributed by atoms with E-state index in [9.17, 15) is 9.59 Å². The van der Waals surface area contributed by atoms with E-state index in [2.05, 4.69) is 5.32 Å². The first-order valence-electron chi connectivity index (χ1n) is 6.26. The van der Waals surface area contributed by atoms with Crippen molar-refractivity contribution in [2.24, 2.45) is 11.7 Å². The lowest BCUT2D eigenvalue weighted by Crippen LogP contribution is -2.40. The second-order valence-corrected chi connectivity index (χ2v) is 4.98. The molecule has 5 nitrogen and oxygen atoms in total. The Morgan fingerprint density at radius 3 is 2.76 bits per heavy atom. The molecule has 1 aliphatic rings. The van der Waals surface area contributed by atoms with Crippen LogP contribution in [0.15, 0.2) is 0 Å². The van der Waals surface area contributed by atoms with Gasteiger partial charge in [0.05, 0.1) is 5.92 Å². The SMILES string of the molecule is CC(N)CCC(=O)NC1CCCC(C(=O)O)C1. The van der Waals surface area contributed by atoms with Gasteiger partial charge in [-0.3, -0.25) is 9.59 Å². The second kappa shape index (κ2) is 6.59. The van der Waals surface area contributed by atoms with E-state index in [1.165, 1.54) is 0 Å². The zero-order valence-electron chi connectivity index (χ0n) is 10.3. The first kappa shape index (κ1) is 14.0. The number of nitrogens with one attached hydrogen (secondary N) is 1. The Morgan fingerprint density at radius 2 is 2.18 bits per heavy atom. The third kappa shape index (κ3) is 5.17. The van der Waals surface area contributed by atoms with Gasteiger partial charge in [0.25, 0.3) is 0 Å². The van der Waals surface area contributed by atoms with Crippen LogP contribution in [0.2, 0.25) is 0 Å². The monoisotopic (exact) mass is 242 g/mol. The molecule has 1 rings (SSSR count). The Labute approximate surface area is 102 Å². The number of hydrogen-bond donors (Lipinski definition) is 3. The topological polar surface area (TPSA) is 92.4 Å². The van der Waals surface area contributed by atoms with Crippen molar-refractivity contribution in [3.8, 4) is 0 Å². The van der Waals surface area contributed by atoms with Crippen molar-refractivity contribution in [1.82, 2.24) is 5.32 Å². The van der Waals surface area contributed by atoms with Crippen molar-refractivity contribution in [2.45, 2.75) is 57.5 Å². The van der Waals surface area contributed by atoms with Gasteiger partial charge in [-0.25, -0.2) is 0 Å². The maximum Gasteiger partial charge on any atom is 0.306 e. The van der Waals surface area contributed by atoms with Gasteiger partial charge >= 0.3 is 5.97 Å². The van der Waals surface area contributed by atoms with Gasteiger partial charge in [-0.05, 0) is 32.6 Å². The van der Waals surface area contributed by atoms with Crippen LogP contribution >= 0.6 is 0 Å². The Kier molecular flexibility index (Phi) is 5.41. The van der Waals surface area contributed by atoms with E-state index in [0.29, 0.717) is 19.3 Å². The maximum atomic E-state index is 11.6. The summed E-state index contributed by atoms with van der Waals surface area (Å²) in [6, 6.07) is 0.0457. The zero-order chi connectivity index (χ0) is 12.8. The molecule has 5 heteroatoms. The molecule has 3 unspecified atom stereocenters. The molecule has 0 aliphatic heterocycles. The molecule has 0 spiro atoms. The molecule has 0 bridgehead atoms. The van der Waals surface area contributed by atoms with Gasteiger partial charge in [0.2, 0.25) is 5.91 Å². The minimum atomic E-state index is -0.750. The van der Waals surface area contributed by atoms with Crippen LogP contribution in [-0.2, 0) is 9.59 Å². The molecular formula is C12H22N2O3. The smallest absolute Gasteiger partial charge is 0.306 e. The third-order valence-electron chi connectivity index (χ3n) is 3.22. The van der Waals surface area contributed by atoms with Gasteiger partial charge in [-0.2, -0.15) is 0 Å². The second-order valence-electron chi connectivity index (χ2n) is 4.98. The number of rotatable bonds is 5. The van der Waals surface area contributed by atoms with Crippen LogP contribution in [-0.4, -0.2) is 29.1 Å². The summed E-state index contributed by atoms with van der Waals surface area (Å²) in [7, 11) is 0. The molecule has 17 heavy (non-hydrogen) atoms. The highest BCUT2D eigenvalue weighted by atomic mass is 16.4. The van der Waals surface area contributed by atoms with E-state index in [4.69, 9.17) is 10.8 Å². The van der Waals surface area contributed by atoms with Crippen LogP contribution in [0.5, 0.6) is 0 Å². The van der Waals surface area contributed by atoms with Crippen molar-refractivity contribution >= 4 is 11.9 Å². The molecule has 98 valence electrons. The molecule has 1 saturated carbocycles. The quantitative estimate of drug-likeness (QED) is 0.667. The lowest BCUT2D eigenvalue weighted by atomic mass is 9.85. The molecule has 1 fully saturated rings. The maximum absolute atomic E-state index is 11.6. The molecule has 4 N–H and O–H groups in total. The van der Waals surface area contributed by atoms with Gasteiger partial charge in [0, 0.05) is 18.5 Å². The standard InChI is InChI=1S/C12H22N2O3/c1-8(13)5-6-11(15)14-10-4-2-3-9(7-10)12(16)17/h8-10H,2-7,13H2,1H3,(H,14,15)(H,16,17). The largest absolute Gasteiger partial charge is 0.481 e. The summed E-state index contributed by atoms with van der Waals surface area (Å²) in [6.45, 7) is 1.87. The normalized spacial score (nSPS) is 26.2. The molecule has 1 aliphatic carbocycles. The van der Waals surface area contributed by atoms with Gasteiger partial charge in [-0.15, -0.1) is 0 Å². The number of nitrogens with two attached hydrogens (primary N) is 1. The van der Waals surface area contributed by atoms with Crippen LogP contribution < -0.4 is 11.1 Å². The van der Waals surface area contributed by atoms with Gasteiger partial charge in [-0.1, -0.05) is 6.42 Å². The van der Waals surface area contributed by atoms with Crippen LogP contribution in [0.3, 0.4) is 0 Å². The number of hydrogen-bond acceptors (Lipinski definition) is 3. The minimum Gasteiger partial charge on any atom is -0.481 e. The first-order chi connectivity index (χ1) is 7.99. The predicted molar refractivity (Wildman–Crippen MR) is 64.4 cm³/mol. The third-order valence-corrected chi connectivity index (χ3v) is 3.22. The molecule has 0 aromatic rings. The average Bonchev–Trinajstić information content (AvgIpc) is 2.26. The Hall–Kier alpha value is -1.10. The number of amides is 1. The number of carbonyl (C=O) groups excluding carboxylic acids is 1. The van der Waals surface area contributed by atoms with Crippen molar-refractivity contribution in [3.63, 3.8) is 0 Å². The molecule has 3 atom stereocenters. The van der Waals surface area contributed by atoms with E-state index >= 15 is 0 Å². The fourth-order valence-electron chi connectivity index (χ4n) is 2.20. The highest BCUT2D eigenvalue weighted by Crippen LogP contribution is 2.24. The van der Waals surface area contributed by atoms with Crippen molar-refractivity contribution in [2.75, 3.05) is 0 Å². The molecule has 0 aromatic carbocycles. The predicted octanol–water partition coefficient (Wildman–Crippen LogP) is 0.873. The van der Waals surface area contributed by atoms with Crippen molar-refractivity contribution in [1.29, 1.82) is 0 Å². The lowest BCUT2D eigenvalue weighted by Gasteiger charge is -2.27. The van der Waals surface area contributed by atoms with Crippen molar-refractivity contribution < 1.29 is 14.7 Å². The summed E-state index contributed by atoms with van der Waals surface area (Å²) >= 11 is 0. The minimum absolute atomic E-state index is 0.0154. The molecule has 0 aromatic heterocycles. The van der Waals surface area contributed by atoms with E-state index in [0.717, 1.165) is 19.3 Å². The van der Waals surface area contributed by atoms with E-state index in [1.807, 2.05) is 6.92 Å². The van der Waals surface area contributed by atoms with E-state index < -0.39 is 5.97 Å². The number of aliphatic carboxylic acids is 1. The zero-order valence-corrected chi connectivity index (χ0v) is 10.3. The number of carboxylic acids is 1. The van der Waals surface area contributed by atoms with Crippen molar-refractivity contribution in [3.05, 3.63) is 0 Å². The van der Waals surface area contributed by atoms with Gasteiger partial charge in [0.15, 0.2) is 0 Å². The molecule has 0 radical (unpaired) electrons. The average molecular weight is 242 g/mol. The van der Waals surface area contributed by atoms with Crippen LogP contribution in [0.4, 0.5) is 0 Å². The summed E-state index contributed by atoms with van der Waals surface area (Å²) in [5, 5.41) is 11.8. The lowest BCUT2D eigenvalue weighted by molar-refractivity contribution is -0.143. The fourth-order valence-corrected chi connectivity index (χ4v) is 2.20. The fraction of sp³-hybridized carbons (Fsp3) is 0.833. The number of carboxylic acid groups (broad SMARTS) is 1. The number of carbonyl (C=O) groups is 2. The molecular weight excluding hydrogens is 220 g/mol. The van der Waals surface area contributed by atoms with E-state index in [-0.39, 0.29) is 23.9 Å². The Bertz CT molecular complexity index is 279. The molecule has 1 amide bonds. The van der Waals surface area contributed by atoms with E-state index in [1.54, 1.807) is 0 Å². The molecule has 0 heterocycles. The van der Waals surface area contributed by atoms with Gasteiger partial charge in [0.1, 0.15) is 0 Å². The summed E-state index contributed by atoms with van der Waals surface area (Å²) < 4.78 is 0. The summed E-state index contributed by atoms with van der Waals surface area (Å²) in [5.74, 6) is -1.07. The van der Waals surface area contributed by atoms with Crippen LogP contribution in [0, 0.1) is 5.92 Å². The Balaban J connectivity index is 2.30. The summed E-state index contributed by atoms with van der Waals surface area (Å²) in [5.41, 5.74) is 5.58. The molecule has 0 saturated heterocycles. The van der Waals surface area contributed by atoms with Gasteiger partial charge < -0.3 is 16.2 Å². The first-order valence-corrected chi connectivity index (χ1v) is 6.26.